The second-order valence-corrected chi connectivity index (χ2v) is 3.07. The number of hydrogen-bond acceptors (Lipinski definition) is 2. The van der Waals surface area contributed by atoms with Gasteiger partial charge >= 0.3 is 0 Å². The van der Waals surface area contributed by atoms with Crippen LogP contribution in [0.25, 0.3) is 0 Å². The van der Waals surface area contributed by atoms with Crippen LogP contribution in [0.4, 0.5) is 0 Å². The van der Waals surface area contributed by atoms with Crippen molar-refractivity contribution in [1.82, 2.24) is 0 Å². The van der Waals surface area contributed by atoms with E-state index in [9.17, 15) is 4.79 Å². The summed E-state index contributed by atoms with van der Waals surface area (Å²) in [5.74, 6) is 1.76. The van der Waals surface area contributed by atoms with Crippen LogP contribution in [0.15, 0.2) is 16.5 Å². The van der Waals surface area contributed by atoms with E-state index in [1.165, 1.54) is 6.92 Å². The molecule has 0 aliphatic heterocycles. The number of carbonyl (C=O) groups is 1. The van der Waals surface area contributed by atoms with Crippen LogP contribution in [0.2, 0.25) is 0 Å². The summed E-state index contributed by atoms with van der Waals surface area (Å²) in [4.78, 5) is 10.9. The summed E-state index contributed by atoms with van der Waals surface area (Å²) in [7, 11) is 0. The second-order valence-electron chi connectivity index (χ2n) is 3.07. The summed E-state index contributed by atoms with van der Waals surface area (Å²) in [6.45, 7) is 5.70. The highest BCUT2D eigenvalue weighted by Crippen LogP contribution is 2.20. The maximum absolute atomic E-state index is 10.9. The number of rotatable bonds is 3. The zero-order chi connectivity index (χ0) is 9.14. The van der Waals surface area contributed by atoms with Crippen LogP contribution >= 0.6 is 0 Å². The first-order valence-corrected chi connectivity index (χ1v) is 4.25. The summed E-state index contributed by atoms with van der Waals surface area (Å²) in [6.07, 6.45) is 1.03. The van der Waals surface area contributed by atoms with Crippen molar-refractivity contribution in [2.45, 2.75) is 33.1 Å². The first kappa shape index (κ1) is 9.04. The van der Waals surface area contributed by atoms with Gasteiger partial charge in [-0.25, -0.2) is 0 Å². The Kier molecular flexibility index (Phi) is 2.69. The molecule has 0 spiro atoms. The number of carbonyl (C=O) groups excluding carboxylic acids is 1. The monoisotopic (exact) mass is 166 g/mol. The Balaban J connectivity index is 2.84. The lowest BCUT2D eigenvalue weighted by Crippen LogP contribution is -1.89. The average Bonchev–Trinajstić information content (AvgIpc) is 2.51. The quantitative estimate of drug-likeness (QED) is 0.646. The van der Waals surface area contributed by atoms with Gasteiger partial charge in [-0.15, -0.1) is 0 Å². The van der Waals surface area contributed by atoms with Crippen LogP contribution in [0, 0.1) is 0 Å². The molecule has 1 rings (SSSR count). The van der Waals surface area contributed by atoms with Crippen LogP contribution in [-0.2, 0) is 0 Å². The highest BCUT2D eigenvalue weighted by Gasteiger charge is 2.10. The number of furan rings is 1. The van der Waals surface area contributed by atoms with Crippen LogP contribution in [0.1, 0.15) is 49.4 Å². The van der Waals surface area contributed by atoms with E-state index in [2.05, 4.69) is 13.8 Å². The fourth-order valence-corrected chi connectivity index (χ4v) is 1.01. The molecule has 0 fully saturated rings. The van der Waals surface area contributed by atoms with Gasteiger partial charge < -0.3 is 4.42 Å². The van der Waals surface area contributed by atoms with Gasteiger partial charge in [-0.3, -0.25) is 4.79 Å². The third kappa shape index (κ3) is 1.76. The molecular weight excluding hydrogens is 152 g/mol. The molecule has 0 saturated carbocycles. The summed E-state index contributed by atoms with van der Waals surface area (Å²) in [6, 6.07) is 3.62. The van der Waals surface area contributed by atoms with E-state index in [0.717, 1.165) is 12.2 Å². The van der Waals surface area contributed by atoms with E-state index in [-0.39, 0.29) is 5.78 Å². The molecule has 66 valence electrons. The standard InChI is InChI=1S/C10H14O2/c1-4-7(2)9-5-6-10(12-9)8(3)11/h5-7H,4H2,1-3H3. The zero-order valence-corrected chi connectivity index (χ0v) is 7.76. The first-order chi connectivity index (χ1) is 5.65. The maximum Gasteiger partial charge on any atom is 0.194 e. The average molecular weight is 166 g/mol. The summed E-state index contributed by atoms with van der Waals surface area (Å²) >= 11 is 0. The van der Waals surface area contributed by atoms with E-state index in [1.54, 1.807) is 6.07 Å². The number of ketones is 1. The lowest BCUT2D eigenvalue weighted by atomic mass is 10.1. The van der Waals surface area contributed by atoms with Crippen molar-refractivity contribution in [2.75, 3.05) is 0 Å². The molecule has 0 aliphatic carbocycles. The van der Waals surface area contributed by atoms with E-state index in [0.29, 0.717) is 11.7 Å². The minimum absolute atomic E-state index is 0.00967. The van der Waals surface area contributed by atoms with Gasteiger partial charge in [-0.1, -0.05) is 13.8 Å². The Hall–Kier alpha value is -1.05. The van der Waals surface area contributed by atoms with Crippen LogP contribution in [0.3, 0.4) is 0 Å². The first-order valence-electron chi connectivity index (χ1n) is 4.25. The van der Waals surface area contributed by atoms with Crippen molar-refractivity contribution in [3.63, 3.8) is 0 Å². The highest BCUT2D eigenvalue weighted by atomic mass is 16.3. The van der Waals surface area contributed by atoms with Crippen LogP contribution in [0.5, 0.6) is 0 Å². The normalized spacial score (nSPS) is 12.9. The molecular formula is C10H14O2. The molecule has 1 atom stereocenters. The molecule has 0 saturated heterocycles. The molecule has 1 unspecified atom stereocenters. The van der Waals surface area contributed by atoms with Gasteiger partial charge in [0.15, 0.2) is 11.5 Å². The summed E-state index contributed by atoms with van der Waals surface area (Å²) in [5.41, 5.74) is 0. The van der Waals surface area contributed by atoms with Crippen LogP contribution < -0.4 is 0 Å². The smallest absolute Gasteiger partial charge is 0.194 e. The van der Waals surface area contributed by atoms with Gasteiger partial charge in [0.05, 0.1) is 0 Å². The minimum atomic E-state index is -0.00967. The maximum atomic E-state index is 10.9. The van der Waals surface area contributed by atoms with Gasteiger partial charge in [-0.05, 0) is 18.6 Å². The highest BCUT2D eigenvalue weighted by molar-refractivity contribution is 5.91. The Morgan fingerprint density at radius 2 is 2.25 bits per heavy atom. The van der Waals surface area contributed by atoms with Crippen LogP contribution in [-0.4, -0.2) is 5.78 Å². The predicted octanol–water partition coefficient (Wildman–Crippen LogP) is 3.00. The topological polar surface area (TPSA) is 30.2 Å². The van der Waals surface area contributed by atoms with Gasteiger partial charge in [-0.2, -0.15) is 0 Å². The molecule has 2 nitrogen and oxygen atoms in total. The fourth-order valence-electron chi connectivity index (χ4n) is 1.01. The summed E-state index contributed by atoms with van der Waals surface area (Å²) in [5, 5.41) is 0. The van der Waals surface area contributed by atoms with E-state index in [4.69, 9.17) is 4.42 Å². The second kappa shape index (κ2) is 3.57. The molecule has 1 aromatic rings. The van der Waals surface area contributed by atoms with Crippen molar-refractivity contribution >= 4 is 5.78 Å². The largest absolute Gasteiger partial charge is 0.458 e. The van der Waals surface area contributed by atoms with E-state index >= 15 is 0 Å². The van der Waals surface area contributed by atoms with Gasteiger partial charge in [0, 0.05) is 12.8 Å². The minimum Gasteiger partial charge on any atom is -0.458 e. The van der Waals surface area contributed by atoms with Crippen molar-refractivity contribution < 1.29 is 9.21 Å². The third-order valence-corrected chi connectivity index (χ3v) is 2.07. The van der Waals surface area contributed by atoms with Crippen molar-refractivity contribution in [3.05, 3.63) is 23.7 Å². The SMILES string of the molecule is CCC(C)c1ccc(C(C)=O)o1. The number of hydrogen-bond donors (Lipinski definition) is 0. The molecule has 2 heteroatoms. The molecule has 0 aromatic carbocycles. The molecule has 12 heavy (non-hydrogen) atoms. The number of Topliss-reactive ketones (excluding diaryl/α,β-unsaturated/α-hetero) is 1. The van der Waals surface area contributed by atoms with Gasteiger partial charge in [0.2, 0.25) is 0 Å². The van der Waals surface area contributed by atoms with Crippen molar-refractivity contribution in [2.24, 2.45) is 0 Å². The lowest BCUT2D eigenvalue weighted by Gasteiger charge is -2.02. The van der Waals surface area contributed by atoms with E-state index in [1.807, 2.05) is 6.07 Å². The van der Waals surface area contributed by atoms with Crippen molar-refractivity contribution in [3.8, 4) is 0 Å². The third-order valence-electron chi connectivity index (χ3n) is 2.07. The lowest BCUT2D eigenvalue weighted by molar-refractivity contribution is 0.0985. The Bertz CT molecular complexity index is 273. The Labute approximate surface area is 72.6 Å². The fraction of sp³-hybridized carbons (Fsp3) is 0.500. The Morgan fingerprint density at radius 1 is 1.58 bits per heavy atom. The molecule has 0 bridgehead atoms. The van der Waals surface area contributed by atoms with E-state index < -0.39 is 0 Å². The molecule has 0 aliphatic rings. The van der Waals surface area contributed by atoms with Gasteiger partial charge in [0.25, 0.3) is 0 Å². The Morgan fingerprint density at radius 3 is 2.67 bits per heavy atom. The molecule has 0 amide bonds. The molecule has 0 radical (unpaired) electrons. The zero-order valence-electron chi connectivity index (χ0n) is 7.76. The summed E-state index contributed by atoms with van der Waals surface area (Å²) < 4.78 is 5.35. The predicted molar refractivity (Wildman–Crippen MR) is 47.4 cm³/mol. The molecule has 1 heterocycles. The molecule has 1 aromatic heterocycles. The van der Waals surface area contributed by atoms with Crippen molar-refractivity contribution in [1.29, 1.82) is 0 Å². The molecule has 0 N–H and O–H groups in total. The van der Waals surface area contributed by atoms with Gasteiger partial charge in [0.1, 0.15) is 5.76 Å².